The summed E-state index contributed by atoms with van der Waals surface area (Å²) in [5.41, 5.74) is 4.84. The Hall–Kier alpha value is -3.34. The van der Waals surface area contributed by atoms with E-state index in [4.69, 9.17) is 9.47 Å². The van der Waals surface area contributed by atoms with Gasteiger partial charge in [0.1, 0.15) is 5.75 Å². The van der Waals surface area contributed by atoms with Gasteiger partial charge in [0.15, 0.2) is 5.78 Å². The number of benzene rings is 2. The van der Waals surface area contributed by atoms with Gasteiger partial charge in [0.05, 0.1) is 19.3 Å². The van der Waals surface area contributed by atoms with Crippen molar-refractivity contribution in [2.75, 3.05) is 13.7 Å². The highest BCUT2D eigenvalue weighted by molar-refractivity contribution is 6.04. The van der Waals surface area contributed by atoms with E-state index in [0.29, 0.717) is 17.6 Å². The van der Waals surface area contributed by atoms with E-state index in [1.54, 1.807) is 14.0 Å². The lowest BCUT2D eigenvalue weighted by atomic mass is 9.72. The monoisotopic (exact) mass is 417 g/mol. The van der Waals surface area contributed by atoms with Crippen molar-refractivity contribution in [2.24, 2.45) is 0 Å². The summed E-state index contributed by atoms with van der Waals surface area (Å²) in [6.45, 7) is 3.94. The zero-order valence-electron chi connectivity index (χ0n) is 18.1. The van der Waals surface area contributed by atoms with Crippen molar-refractivity contribution in [3.63, 3.8) is 0 Å². The van der Waals surface area contributed by atoms with Crippen LogP contribution in [0.15, 0.2) is 77.1 Å². The zero-order valence-corrected chi connectivity index (χ0v) is 18.1. The van der Waals surface area contributed by atoms with E-state index < -0.39 is 11.9 Å². The first kappa shape index (κ1) is 20.9. The molecule has 0 aromatic heterocycles. The molecule has 0 saturated heterocycles. The van der Waals surface area contributed by atoms with Crippen LogP contribution >= 0.6 is 0 Å². The molecular formula is C26H27NO4. The van der Waals surface area contributed by atoms with E-state index in [-0.39, 0.29) is 18.3 Å². The largest absolute Gasteiger partial charge is 0.497 e. The number of carbonyl (C=O) groups is 2. The number of nitrogens with one attached hydrogen (secondary N) is 1. The third-order valence-electron chi connectivity index (χ3n) is 6.04. The lowest BCUT2D eigenvalue weighted by molar-refractivity contribution is -0.138. The molecule has 1 N–H and O–H groups in total. The molecule has 0 fully saturated rings. The average molecular weight is 418 g/mol. The first-order valence-corrected chi connectivity index (χ1v) is 10.6. The van der Waals surface area contributed by atoms with Gasteiger partial charge in [-0.2, -0.15) is 0 Å². The smallest absolute Gasteiger partial charge is 0.336 e. The molecule has 0 spiro atoms. The number of dihydropyridines is 1. The molecule has 1 heterocycles. The molecule has 2 aromatic carbocycles. The number of rotatable bonds is 5. The molecule has 1 aliphatic carbocycles. The number of carbonyl (C=O) groups excluding carboxylic acids is 2. The maximum atomic E-state index is 13.5. The molecule has 5 heteroatoms. The van der Waals surface area contributed by atoms with Crippen LogP contribution in [0.25, 0.3) is 0 Å². The quantitative estimate of drug-likeness (QED) is 0.719. The van der Waals surface area contributed by atoms with E-state index >= 15 is 0 Å². The van der Waals surface area contributed by atoms with Crippen LogP contribution < -0.4 is 10.1 Å². The predicted molar refractivity (Wildman–Crippen MR) is 119 cm³/mol. The molecule has 4 rings (SSSR count). The molecule has 31 heavy (non-hydrogen) atoms. The van der Waals surface area contributed by atoms with Gasteiger partial charge in [-0.25, -0.2) is 4.79 Å². The average Bonchev–Trinajstić information content (AvgIpc) is 2.78. The van der Waals surface area contributed by atoms with Crippen LogP contribution in [0.2, 0.25) is 0 Å². The molecule has 5 nitrogen and oxygen atoms in total. The summed E-state index contributed by atoms with van der Waals surface area (Å²) < 4.78 is 10.6. The molecule has 160 valence electrons. The predicted octanol–water partition coefficient (Wildman–Crippen LogP) is 4.62. The van der Waals surface area contributed by atoms with E-state index in [1.165, 1.54) is 0 Å². The summed E-state index contributed by atoms with van der Waals surface area (Å²) >= 11 is 0. The summed E-state index contributed by atoms with van der Waals surface area (Å²) in [5, 5.41) is 3.37. The molecule has 0 unspecified atom stereocenters. The van der Waals surface area contributed by atoms with Crippen molar-refractivity contribution in [3.05, 3.63) is 88.3 Å². The van der Waals surface area contributed by atoms with Gasteiger partial charge < -0.3 is 14.8 Å². The number of hydrogen-bond donors (Lipinski definition) is 1. The number of esters is 1. The van der Waals surface area contributed by atoms with Crippen LogP contribution in [0, 0.1) is 0 Å². The van der Waals surface area contributed by atoms with Crippen LogP contribution in [0.4, 0.5) is 0 Å². The Kier molecular flexibility index (Phi) is 5.94. The topological polar surface area (TPSA) is 64.6 Å². The fourth-order valence-corrected chi connectivity index (χ4v) is 4.61. The lowest BCUT2D eigenvalue weighted by Gasteiger charge is -2.36. The summed E-state index contributed by atoms with van der Waals surface area (Å²) in [6.07, 6.45) is 1.15. The minimum atomic E-state index is -0.453. The lowest BCUT2D eigenvalue weighted by Crippen LogP contribution is -2.36. The SMILES string of the molecule is CCOC(=O)C1=C(C)NC2=C(C(=O)C[C@@H](c3ccccc3)C2)[C@@H]1c1ccc(OC)cc1. The van der Waals surface area contributed by atoms with Crippen LogP contribution in [-0.2, 0) is 14.3 Å². The van der Waals surface area contributed by atoms with E-state index in [2.05, 4.69) is 17.4 Å². The molecule has 2 atom stereocenters. The first-order chi connectivity index (χ1) is 15.0. The van der Waals surface area contributed by atoms with E-state index in [9.17, 15) is 9.59 Å². The Balaban J connectivity index is 1.79. The number of hydrogen-bond acceptors (Lipinski definition) is 5. The van der Waals surface area contributed by atoms with Crippen LogP contribution in [-0.4, -0.2) is 25.5 Å². The standard InChI is InChI=1S/C26H27NO4/c1-4-31-26(29)23-16(2)27-21-14-19(17-8-6-5-7-9-17)15-22(28)25(21)24(23)18-10-12-20(30-3)13-11-18/h5-13,19,24,27H,4,14-15H2,1-3H3/t19-,24+/m0/s1. The maximum Gasteiger partial charge on any atom is 0.336 e. The van der Waals surface area contributed by atoms with Crippen LogP contribution in [0.3, 0.4) is 0 Å². The molecule has 1 aliphatic heterocycles. The Morgan fingerprint density at radius 3 is 2.39 bits per heavy atom. The highest BCUT2D eigenvalue weighted by atomic mass is 16.5. The fraction of sp³-hybridized carbons (Fsp3) is 0.308. The molecule has 2 aromatic rings. The van der Waals surface area contributed by atoms with Gasteiger partial charge in [-0.1, -0.05) is 42.5 Å². The normalized spacial score (nSPS) is 20.8. The molecular weight excluding hydrogens is 390 g/mol. The third kappa shape index (κ3) is 4.00. The fourth-order valence-electron chi connectivity index (χ4n) is 4.61. The summed E-state index contributed by atoms with van der Waals surface area (Å²) in [7, 11) is 1.61. The highest BCUT2D eigenvalue weighted by Crippen LogP contribution is 2.45. The van der Waals surface area contributed by atoms with Crippen molar-refractivity contribution in [3.8, 4) is 5.75 Å². The maximum absolute atomic E-state index is 13.5. The Labute approximate surface area is 182 Å². The van der Waals surface area contributed by atoms with Gasteiger partial charge in [-0.3, -0.25) is 4.79 Å². The Bertz CT molecular complexity index is 1050. The minimum Gasteiger partial charge on any atom is -0.497 e. The third-order valence-corrected chi connectivity index (χ3v) is 6.04. The van der Waals surface area contributed by atoms with Gasteiger partial charge >= 0.3 is 5.97 Å². The second-order valence-corrected chi connectivity index (χ2v) is 7.92. The van der Waals surface area contributed by atoms with Crippen molar-refractivity contribution in [1.82, 2.24) is 5.32 Å². The van der Waals surface area contributed by atoms with Crippen molar-refractivity contribution in [2.45, 2.75) is 38.5 Å². The Morgan fingerprint density at radius 1 is 1.03 bits per heavy atom. The minimum absolute atomic E-state index is 0.0673. The van der Waals surface area contributed by atoms with Crippen LogP contribution in [0.1, 0.15) is 49.7 Å². The number of methoxy groups -OCH3 is 1. The van der Waals surface area contributed by atoms with Gasteiger partial charge in [0.2, 0.25) is 0 Å². The number of ketones is 1. The first-order valence-electron chi connectivity index (χ1n) is 10.6. The second-order valence-electron chi connectivity index (χ2n) is 7.92. The molecule has 0 bridgehead atoms. The van der Waals surface area contributed by atoms with Gasteiger partial charge in [0, 0.05) is 29.3 Å². The van der Waals surface area contributed by atoms with Gasteiger partial charge in [0.25, 0.3) is 0 Å². The molecule has 2 aliphatic rings. The van der Waals surface area contributed by atoms with Crippen molar-refractivity contribution < 1.29 is 19.1 Å². The molecule has 0 amide bonds. The van der Waals surface area contributed by atoms with Crippen molar-refractivity contribution in [1.29, 1.82) is 0 Å². The van der Waals surface area contributed by atoms with Gasteiger partial charge in [-0.05, 0) is 49.4 Å². The number of ether oxygens (including phenoxy) is 2. The van der Waals surface area contributed by atoms with Gasteiger partial charge in [-0.15, -0.1) is 0 Å². The summed E-state index contributed by atoms with van der Waals surface area (Å²) in [4.78, 5) is 26.4. The van der Waals surface area contributed by atoms with Crippen molar-refractivity contribution >= 4 is 11.8 Å². The van der Waals surface area contributed by atoms with E-state index in [0.717, 1.165) is 34.7 Å². The van der Waals surface area contributed by atoms with E-state index in [1.807, 2.05) is 49.4 Å². The van der Waals surface area contributed by atoms with Crippen LogP contribution in [0.5, 0.6) is 5.75 Å². The number of allylic oxidation sites excluding steroid dienone is 3. The summed E-state index contributed by atoms with van der Waals surface area (Å²) in [5.74, 6) is 0.0683. The molecule has 0 radical (unpaired) electrons. The Morgan fingerprint density at radius 2 is 1.74 bits per heavy atom. The summed E-state index contributed by atoms with van der Waals surface area (Å²) in [6, 6.07) is 17.7. The highest BCUT2D eigenvalue weighted by Gasteiger charge is 2.41. The molecule has 0 saturated carbocycles. The zero-order chi connectivity index (χ0) is 22.0. The second kappa shape index (κ2) is 8.80. The number of Topliss-reactive ketones (excluding diaryl/α,β-unsaturated/α-hetero) is 1.